The summed E-state index contributed by atoms with van der Waals surface area (Å²) in [6.45, 7) is 0. The maximum atomic E-state index is 13.2. The van der Waals surface area contributed by atoms with Crippen LogP contribution in [0.2, 0.25) is 0 Å². The number of rotatable bonds is 7. The van der Waals surface area contributed by atoms with Gasteiger partial charge in [-0.3, -0.25) is 4.79 Å². The lowest BCUT2D eigenvalue weighted by atomic mass is 9.99. The molecule has 10 atom stereocenters. The van der Waals surface area contributed by atoms with Crippen LogP contribution in [0.15, 0.2) is 51.7 Å². The standard InChI is InChI=1S/C27H26O17/c28-9-6-10(8-4-2-1-3-5-8)40-11-7-12(41-26-19(34)15(30)17(32)22(43-26)24(36)37)21(14(29)13(9)11)42-27-20(35)16(31)18(33)23(44-27)25(38)39/h1-7,15-20,22-23,26-27,29-35H,(H,36,37)(H,38,39)/t15-,16-,17-,18-,19+,20+,22-,23-,26+,27+/m0/s1. The lowest BCUT2D eigenvalue weighted by molar-refractivity contribution is -0.276. The summed E-state index contributed by atoms with van der Waals surface area (Å²) >= 11 is 0. The number of phenols is 1. The highest BCUT2D eigenvalue weighted by Gasteiger charge is 2.50. The summed E-state index contributed by atoms with van der Waals surface area (Å²) in [6, 6.07) is 10.2. The summed E-state index contributed by atoms with van der Waals surface area (Å²) in [5.41, 5.74) is -0.713. The Kier molecular flexibility index (Phi) is 8.47. The minimum absolute atomic E-state index is 0.0352. The summed E-state index contributed by atoms with van der Waals surface area (Å²) in [6.07, 6.45) is -21.1. The summed E-state index contributed by atoms with van der Waals surface area (Å²) in [5, 5.41) is 90.8. The van der Waals surface area contributed by atoms with Gasteiger partial charge in [-0.25, -0.2) is 9.59 Å². The first kappa shape index (κ1) is 31.1. The molecule has 0 unspecified atom stereocenters. The molecule has 0 aliphatic carbocycles. The lowest BCUT2D eigenvalue weighted by Gasteiger charge is -2.39. The van der Waals surface area contributed by atoms with Crippen molar-refractivity contribution in [2.45, 2.75) is 61.4 Å². The highest BCUT2D eigenvalue weighted by Crippen LogP contribution is 2.45. The molecule has 2 aromatic carbocycles. The number of hydrogen-bond donors (Lipinski definition) is 9. The van der Waals surface area contributed by atoms with Crippen LogP contribution in [0.1, 0.15) is 0 Å². The molecular formula is C27H26O17. The fraction of sp³-hybridized carbons (Fsp3) is 0.370. The number of benzene rings is 2. The molecule has 3 heterocycles. The number of ether oxygens (including phenoxy) is 4. The quantitative estimate of drug-likeness (QED) is 0.134. The highest BCUT2D eigenvalue weighted by atomic mass is 16.7. The van der Waals surface area contributed by atoms with Gasteiger partial charge in [-0.1, -0.05) is 30.3 Å². The van der Waals surface area contributed by atoms with E-state index in [0.29, 0.717) is 5.56 Å². The van der Waals surface area contributed by atoms with E-state index in [1.54, 1.807) is 30.3 Å². The summed E-state index contributed by atoms with van der Waals surface area (Å²) in [7, 11) is 0. The predicted molar refractivity (Wildman–Crippen MR) is 139 cm³/mol. The van der Waals surface area contributed by atoms with Crippen LogP contribution >= 0.6 is 0 Å². The molecule has 3 aromatic rings. The largest absolute Gasteiger partial charge is 0.504 e. The average molecular weight is 622 g/mol. The Morgan fingerprint density at radius 3 is 1.75 bits per heavy atom. The third-order valence-electron chi connectivity index (χ3n) is 7.07. The average Bonchev–Trinajstić information content (AvgIpc) is 2.98. The van der Waals surface area contributed by atoms with Gasteiger partial charge in [0, 0.05) is 17.7 Å². The van der Waals surface area contributed by atoms with Gasteiger partial charge in [0.05, 0.1) is 0 Å². The van der Waals surface area contributed by atoms with Gasteiger partial charge in [0.1, 0.15) is 53.4 Å². The first-order chi connectivity index (χ1) is 20.8. The van der Waals surface area contributed by atoms with Gasteiger partial charge in [-0.2, -0.15) is 0 Å². The molecule has 0 spiro atoms. The van der Waals surface area contributed by atoms with E-state index in [0.717, 1.165) is 12.1 Å². The number of phenolic OH excluding ortho intramolecular Hbond substituents is 1. The maximum Gasteiger partial charge on any atom is 0.335 e. The van der Waals surface area contributed by atoms with Crippen LogP contribution in [0.5, 0.6) is 17.2 Å². The van der Waals surface area contributed by atoms with Crippen LogP contribution in [0.3, 0.4) is 0 Å². The Hall–Kier alpha value is -4.33. The molecular weight excluding hydrogens is 596 g/mol. The third kappa shape index (κ3) is 5.53. The van der Waals surface area contributed by atoms with Crippen LogP contribution < -0.4 is 14.9 Å². The minimum Gasteiger partial charge on any atom is -0.504 e. The molecule has 17 heteroatoms. The fourth-order valence-corrected chi connectivity index (χ4v) is 4.75. The van der Waals surface area contributed by atoms with E-state index >= 15 is 0 Å². The summed E-state index contributed by atoms with van der Waals surface area (Å²) in [4.78, 5) is 36.3. The molecule has 2 fully saturated rings. The predicted octanol–water partition coefficient (Wildman–Crippen LogP) is -2.29. The van der Waals surface area contributed by atoms with E-state index in [9.17, 15) is 60.3 Å². The second-order valence-electron chi connectivity index (χ2n) is 9.97. The van der Waals surface area contributed by atoms with Crippen molar-refractivity contribution in [2.24, 2.45) is 0 Å². The molecule has 1 aromatic heterocycles. The van der Waals surface area contributed by atoms with Crippen LogP contribution in [0, 0.1) is 0 Å². The molecule has 0 bridgehead atoms. The number of carbonyl (C=O) groups is 2. The Morgan fingerprint density at radius 2 is 1.23 bits per heavy atom. The first-order valence-corrected chi connectivity index (χ1v) is 12.9. The van der Waals surface area contributed by atoms with Crippen molar-refractivity contribution in [3.8, 4) is 28.6 Å². The number of carboxylic acids is 2. The van der Waals surface area contributed by atoms with E-state index in [1.807, 2.05) is 0 Å². The monoisotopic (exact) mass is 622 g/mol. The van der Waals surface area contributed by atoms with Crippen LogP contribution in [0.25, 0.3) is 22.3 Å². The van der Waals surface area contributed by atoms with E-state index in [4.69, 9.17) is 23.4 Å². The second kappa shape index (κ2) is 12.0. The molecule has 0 radical (unpaired) electrons. The fourth-order valence-electron chi connectivity index (χ4n) is 4.75. The minimum atomic E-state index is -2.13. The molecule has 0 saturated carbocycles. The van der Waals surface area contributed by atoms with Gasteiger partial charge in [0.2, 0.25) is 18.3 Å². The zero-order valence-electron chi connectivity index (χ0n) is 22.1. The summed E-state index contributed by atoms with van der Waals surface area (Å²) in [5.74, 6) is -6.06. The smallest absolute Gasteiger partial charge is 0.335 e. The van der Waals surface area contributed by atoms with Crippen molar-refractivity contribution in [1.82, 2.24) is 0 Å². The molecule has 236 valence electrons. The number of fused-ring (bicyclic) bond motifs is 1. The van der Waals surface area contributed by atoms with E-state index < -0.39 is 101 Å². The van der Waals surface area contributed by atoms with Gasteiger partial charge in [-0.05, 0) is 0 Å². The van der Waals surface area contributed by atoms with Gasteiger partial charge < -0.3 is 69.3 Å². The number of hydrogen-bond acceptors (Lipinski definition) is 15. The molecule has 9 N–H and O–H groups in total. The highest BCUT2D eigenvalue weighted by molar-refractivity contribution is 5.89. The SMILES string of the molecule is O=C(O)[C@H]1O[C@@H](Oc2cc3oc(-c4ccccc4)cc(=O)c3c(O)c2O[C@@H]2O[C@H](C(=O)O)[C@@H](O)[C@H](O)[C@H]2O)[C@H](O)[C@@H](O)[C@@H]1O. The van der Waals surface area contributed by atoms with Crippen molar-refractivity contribution in [1.29, 1.82) is 0 Å². The maximum absolute atomic E-state index is 13.2. The summed E-state index contributed by atoms with van der Waals surface area (Å²) < 4.78 is 27.0. The van der Waals surface area contributed by atoms with Gasteiger partial charge in [0.15, 0.2) is 29.1 Å². The number of carboxylic acid groups (broad SMARTS) is 2. The van der Waals surface area contributed by atoms with Crippen LogP contribution in [-0.4, -0.2) is 119 Å². The molecule has 2 aliphatic heterocycles. The second-order valence-corrected chi connectivity index (χ2v) is 9.97. The first-order valence-electron chi connectivity index (χ1n) is 12.9. The Labute approximate surface area is 244 Å². The van der Waals surface area contributed by atoms with Gasteiger partial charge >= 0.3 is 11.9 Å². The zero-order valence-corrected chi connectivity index (χ0v) is 22.1. The number of aliphatic hydroxyl groups excluding tert-OH is 6. The Balaban J connectivity index is 1.63. The number of aromatic hydroxyl groups is 1. The van der Waals surface area contributed by atoms with Crippen molar-refractivity contribution in [2.75, 3.05) is 0 Å². The molecule has 44 heavy (non-hydrogen) atoms. The van der Waals surface area contributed by atoms with Crippen molar-refractivity contribution in [3.63, 3.8) is 0 Å². The third-order valence-corrected chi connectivity index (χ3v) is 7.07. The molecule has 0 amide bonds. The topological polar surface area (TPSA) is 283 Å². The number of aliphatic carboxylic acids is 2. The van der Waals surface area contributed by atoms with E-state index in [-0.39, 0.29) is 11.3 Å². The van der Waals surface area contributed by atoms with Crippen molar-refractivity contribution < 1.29 is 78.9 Å². The van der Waals surface area contributed by atoms with Gasteiger partial charge in [0.25, 0.3) is 0 Å². The Bertz CT molecular complexity index is 1610. The molecule has 5 rings (SSSR count). The van der Waals surface area contributed by atoms with Crippen molar-refractivity contribution >= 4 is 22.9 Å². The van der Waals surface area contributed by atoms with E-state index in [2.05, 4.69) is 0 Å². The van der Waals surface area contributed by atoms with Gasteiger partial charge in [-0.15, -0.1) is 0 Å². The molecule has 17 nitrogen and oxygen atoms in total. The normalized spacial score (nSPS) is 32.2. The molecule has 2 aliphatic rings. The van der Waals surface area contributed by atoms with E-state index in [1.165, 1.54) is 0 Å². The molecule has 2 saturated heterocycles. The number of aliphatic hydroxyl groups is 6. The zero-order chi connectivity index (χ0) is 32.0. The lowest BCUT2D eigenvalue weighted by Crippen LogP contribution is -2.61. The Morgan fingerprint density at radius 1 is 0.705 bits per heavy atom. The van der Waals surface area contributed by atoms with Crippen LogP contribution in [-0.2, 0) is 19.1 Å². The van der Waals surface area contributed by atoms with Crippen molar-refractivity contribution in [3.05, 3.63) is 52.7 Å². The van der Waals surface area contributed by atoms with Crippen LogP contribution in [0.4, 0.5) is 0 Å².